The van der Waals surface area contributed by atoms with Crippen molar-refractivity contribution in [1.29, 1.82) is 0 Å². The van der Waals surface area contributed by atoms with Gasteiger partial charge in [0, 0.05) is 36.4 Å². The van der Waals surface area contributed by atoms with Crippen molar-refractivity contribution in [1.82, 2.24) is 4.90 Å². The third kappa shape index (κ3) is 3.22. The summed E-state index contributed by atoms with van der Waals surface area (Å²) in [6.45, 7) is 4.80. The van der Waals surface area contributed by atoms with Crippen molar-refractivity contribution < 1.29 is 9.90 Å². The summed E-state index contributed by atoms with van der Waals surface area (Å²) in [5, 5.41) is 10.5. The van der Waals surface area contributed by atoms with Crippen LogP contribution in [0.3, 0.4) is 0 Å². The average Bonchev–Trinajstić information content (AvgIpc) is 2.92. The van der Waals surface area contributed by atoms with Gasteiger partial charge in [-0.2, -0.15) is 0 Å². The lowest BCUT2D eigenvalue weighted by molar-refractivity contribution is -0.139. The van der Waals surface area contributed by atoms with Gasteiger partial charge in [-0.1, -0.05) is 11.6 Å². The summed E-state index contributed by atoms with van der Waals surface area (Å²) in [7, 11) is 0. The minimum Gasteiger partial charge on any atom is -0.393 e. The normalized spacial score (nSPS) is 32.5. The molecule has 2 heterocycles. The Morgan fingerprint density at radius 1 is 1.15 bits per heavy atom. The van der Waals surface area contributed by atoms with E-state index in [0.717, 1.165) is 69.6 Å². The largest absolute Gasteiger partial charge is 0.393 e. The summed E-state index contributed by atoms with van der Waals surface area (Å²) >= 11 is 6.12. The number of hydrogen-bond donors (Lipinski definition) is 1. The van der Waals surface area contributed by atoms with Crippen molar-refractivity contribution in [2.45, 2.75) is 64.0 Å². The van der Waals surface area contributed by atoms with Gasteiger partial charge in [0.25, 0.3) is 0 Å². The van der Waals surface area contributed by atoms with E-state index in [9.17, 15) is 9.90 Å². The smallest absolute Gasteiger partial charge is 0.230 e. The first-order valence-electron chi connectivity index (χ1n) is 9.99. The number of halogens is 1. The van der Waals surface area contributed by atoms with Gasteiger partial charge in [0.05, 0.1) is 11.5 Å². The Balaban J connectivity index is 1.50. The van der Waals surface area contributed by atoms with Crippen LogP contribution in [0.1, 0.15) is 50.5 Å². The van der Waals surface area contributed by atoms with Crippen LogP contribution in [-0.4, -0.2) is 47.7 Å². The highest BCUT2D eigenvalue weighted by atomic mass is 35.5. The highest BCUT2D eigenvalue weighted by molar-refractivity contribution is 6.30. The van der Waals surface area contributed by atoms with Gasteiger partial charge in [-0.25, -0.2) is 0 Å². The van der Waals surface area contributed by atoms with Crippen molar-refractivity contribution in [3.05, 3.63) is 28.8 Å². The van der Waals surface area contributed by atoms with E-state index in [1.54, 1.807) is 0 Å². The van der Waals surface area contributed by atoms with Gasteiger partial charge in [0.2, 0.25) is 5.91 Å². The average molecular weight is 377 g/mol. The van der Waals surface area contributed by atoms with Crippen LogP contribution in [0.4, 0.5) is 5.69 Å². The zero-order chi connectivity index (χ0) is 18.3. The van der Waals surface area contributed by atoms with Crippen LogP contribution in [0.25, 0.3) is 0 Å². The number of anilines is 1. The quantitative estimate of drug-likeness (QED) is 0.854. The summed E-state index contributed by atoms with van der Waals surface area (Å²) in [6, 6.07) is 6.38. The number of rotatable bonds is 2. The Kier molecular flexibility index (Phi) is 4.91. The standard InChI is InChI=1S/C21H29ClN2O2/c1-15-13-16(22)3-8-19(15)23-11-2-9-21(14-23)10-12-24(20(21)26)17-4-6-18(25)7-5-17/h3,8,13,17-18,25H,2,4-7,9-12,14H2,1H3/t17?,18?,21-/m0/s1. The van der Waals surface area contributed by atoms with Gasteiger partial charge in [0.15, 0.2) is 0 Å². The fourth-order valence-electron chi connectivity index (χ4n) is 5.26. The van der Waals surface area contributed by atoms with E-state index in [2.05, 4.69) is 22.8 Å². The van der Waals surface area contributed by atoms with Crippen LogP contribution in [-0.2, 0) is 4.79 Å². The fraction of sp³-hybridized carbons (Fsp3) is 0.667. The number of likely N-dealkylation sites (tertiary alicyclic amines) is 1. The fourth-order valence-corrected chi connectivity index (χ4v) is 5.48. The molecule has 1 aromatic carbocycles. The molecule has 26 heavy (non-hydrogen) atoms. The minimum atomic E-state index is -0.222. The molecule has 0 aromatic heterocycles. The molecule has 0 radical (unpaired) electrons. The lowest BCUT2D eigenvalue weighted by Crippen LogP contribution is -2.50. The number of aliphatic hydroxyl groups excluding tert-OH is 1. The van der Waals surface area contributed by atoms with Gasteiger partial charge in [-0.15, -0.1) is 0 Å². The van der Waals surface area contributed by atoms with Crippen LogP contribution >= 0.6 is 11.6 Å². The number of hydrogen-bond acceptors (Lipinski definition) is 3. The molecule has 4 nitrogen and oxygen atoms in total. The first-order chi connectivity index (χ1) is 12.5. The number of amides is 1. The van der Waals surface area contributed by atoms with Crippen molar-refractivity contribution in [3.63, 3.8) is 0 Å². The van der Waals surface area contributed by atoms with E-state index in [1.807, 2.05) is 12.1 Å². The highest BCUT2D eigenvalue weighted by Gasteiger charge is 2.50. The minimum absolute atomic E-state index is 0.170. The lowest BCUT2D eigenvalue weighted by atomic mass is 9.78. The molecule has 1 spiro atoms. The number of benzene rings is 1. The maximum Gasteiger partial charge on any atom is 0.230 e. The van der Waals surface area contributed by atoms with Crippen molar-refractivity contribution in [3.8, 4) is 0 Å². The maximum atomic E-state index is 13.4. The molecule has 0 bridgehead atoms. The highest BCUT2D eigenvalue weighted by Crippen LogP contribution is 2.44. The molecule has 3 fully saturated rings. The Morgan fingerprint density at radius 2 is 1.92 bits per heavy atom. The SMILES string of the molecule is Cc1cc(Cl)ccc1N1CCC[C@]2(CCN(C3CCC(O)CC3)C2=O)C1. The number of carbonyl (C=O) groups excluding carboxylic acids is 1. The van der Waals surface area contributed by atoms with Crippen LogP contribution < -0.4 is 4.90 Å². The third-order valence-corrected chi connectivity index (χ3v) is 6.96. The number of nitrogens with zero attached hydrogens (tertiary/aromatic N) is 2. The zero-order valence-corrected chi connectivity index (χ0v) is 16.3. The molecule has 4 rings (SSSR count). The second kappa shape index (κ2) is 7.05. The molecule has 2 saturated heterocycles. The second-order valence-electron chi connectivity index (χ2n) is 8.45. The third-order valence-electron chi connectivity index (χ3n) is 6.73. The van der Waals surface area contributed by atoms with Crippen molar-refractivity contribution in [2.24, 2.45) is 5.41 Å². The monoisotopic (exact) mass is 376 g/mol. The van der Waals surface area contributed by atoms with Crippen LogP contribution in [0.5, 0.6) is 0 Å². The van der Waals surface area contributed by atoms with Gasteiger partial charge in [-0.3, -0.25) is 4.79 Å². The molecule has 1 aromatic rings. The van der Waals surface area contributed by atoms with Crippen LogP contribution in [0, 0.1) is 12.3 Å². The van der Waals surface area contributed by atoms with E-state index < -0.39 is 0 Å². The molecule has 1 atom stereocenters. The van der Waals surface area contributed by atoms with Crippen LogP contribution in [0.15, 0.2) is 18.2 Å². The number of piperidine rings is 1. The molecule has 1 saturated carbocycles. The Bertz CT molecular complexity index is 687. The van der Waals surface area contributed by atoms with Gasteiger partial charge in [-0.05, 0) is 75.6 Å². The van der Waals surface area contributed by atoms with E-state index in [4.69, 9.17) is 11.6 Å². The predicted octanol–water partition coefficient (Wildman–Crippen LogP) is 3.77. The van der Waals surface area contributed by atoms with E-state index >= 15 is 0 Å². The van der Waals surface area contributed by atoms with Gasteiger partial charge >= 0.3 is 0 Å². The van der Waals surface area contributed by atoms with Gasteiger partial charge < -0.3 is 14.9 Å². The zero-order valence-electron chi connectivity index (χ0n) is 15.6. The van der Waals surface area contributed by atoms with Crippen molar-refractivity contribution in [2.75, 3.05) is 24.5 Å². The molecule has 1 amide bonds. The Hall–Kier alpha value is -1.26. The topological polar surface area (TPSA) is 43.8 Å². The van der Waals surface area contributed by atoms with E-state index in [-0.39, 0.29) is 11.5 Å². The number of carbonyl (C=O) groups is 1. The Labute approximate surface area is 161 Å². The molecular formula is C21H29ClN2O2. The predicted molar refractivity (Wildman–Crippen MR) is 105 cm³/mol. The molecule has 3 aliphatic rings. The van der Waals surface area contributed by atoms with E-state index in [0.29, 0.717) is 11.9 Å². The molecule has 1 N–H and O–H groups in total. The summed E-state index contributed by atoms with van der Waals surface area (Å²) in [4.78, 5) is 17.9. The summed E-state index contributed by atoms with van der Waals surface area (Å²) in [5.41, 5.74) is 2.17. The molecule has 142 valence electrons. The van der Waals surface area contributed by atoms with Crippen molar-refractivity contribution >= 4 is 23.2 Å². The summed E-state index contributed by atoms with van der Waals surface area (Å²) in [6.07, 6.45) is 6.41. The molecule has 2 aliphatic heterocycles. The summed E-state index contributed by atoms with van der Waals surface area (Å²) in [5.74, 6) is 0.357. The molecule has 1 aliphatic carbocycles. The molecule has 0 unspecified atom stereocenters. The van der Waals surface area contributed by atoms with Gasteiger partial charge in [0.1, 0.15) is 0 Å². The molecular weight excluding hydrogens is 348 g/mol. The lowest BCUT2D eigenvalue weighted by Gasteiger charge is -2.42. The molecule has 5 heteroatoms. The summed E-state index contributed by atoms with van der Waals surface area (Å²) < 4.78 is 0. The maximum absolute atomic E-state index is 13.4. The Morgan fingerprint density at radius 3 is 2.65 bits per heavy atom. The number of aryl methyl sites for hydroxylation is 1. The first kappa shape index (κ1) is 18.1. The second-order valence-corrected chi connectivity index (χ2v) is 8.88. The number of aliphatic hydroxyl groups is 1. The van der Waals surface area contributed by atoms with E-state index in [1.165, 1.54) is 11.3 Å². The van der Waals surface area contributed by atoms with Crippen LogP contribution in [0.2, 0.25) is 5.02 Å². The first-order valence-corrected chi connectivity index (χ1v) is 10.4.